The second-order valence-corrected chi connectivity index (χ2v) is 25.6. The number of aryl methyl sites for hydroxylation is 2. The van der Waals surface area contributed by atoms with Crippen LogP contribution >= 0.6 is 47.8 Å². The Balaban J connectivity index is 0.000000208. The monoisotopic (exact) mass is 1260 g/mol. The molecule has 0 unspecified atom stereocenters. The van der Waals surface area contributed by atoms with Crippen molar-refractivity contribution in [2.24, 2.45) is 5.73 Å². The summed E-state index contributed by atoms with van der Waals surface area (Å²) in [6.45, 7) is 17.8. The molecule has 5 aliphatic carbocycles. The molecule has 0 atom stereocenters. The van der Waals surface area contributed by atoms with Gasteiger partial charge in [0.25, 0.3) is 0 Å². The summed E-state index contributed by atoms with van der Waals surface area (Å²) in [5.74, 6) is 0. The predicted octanol–water partition coefficient (Wildman–Crippen LogP) is 15.1. The first-order valence-electron chi connectivity index (χ1n) is 26.5. The van der Waals surface area contributed by atoms with E-state index >= 15 is 0 Å². The number of hydrogen-bond acceptors (Lipinski definition) is 10. The van der Waals surface area contributed by atoms with Crippen molar-refractivity contribution in [3.05, 3.63) is 174 Å². The van der Waals surface area contributed by atoms with Crippen molar-refractivity contribution in [3.63, 3.8) is 0 Å². The highest BCUT2D eigenvalue weighted by atomic mass is 79.9. The minimum Gasteiger partial charge on any atom is -0.444 e. The van der Waals surface area contributed by atoms with Crippen LogP contribution in [0.25, 0.3) is 0 Å². The average Bonchev–Trinajstić information content (AvgIpc) is 4.14. The second-order valence-electron chi connectivity index (χ2n) is 22.8. The van der Waals surface area contributed by atoms with Crippen molar-refractivity contribution < 1.29 is 38.2 Å². The quantitative estimate of drug-likeness (QED) is 0.129. The van der Waals surface area contributed by atoms with E-state index in [1.807, 2.05) is 98.1 Å². The Hall–Kier alpha value is -5.24. The van der Waals surface area contributed by atoms with E-state index in [9.17, 15) is 9.59 Å². The third kappa shape index (κ3) is 20.1. The van der Waals surface area contributed by atoms with Gasteiger partial charge in [-0.3, -0.25) is 0 Å². The summed E-state index contributed by atoms with van der Waals surface area (Å²) in [4.78, 5) is 58.3. The van der Waals surface area contributed by atoms with Crippen molar-refractivity contribution in [2.75, 3.05) is 14.1 Å². The average molecular weight is 1260 g/mol. The second kappa shape index (κ2) is 28.3. The van der Waals surface area contributed by atoms with E-state index in [0.29, 0.717) is 11.0 Å². The van der Waals surface area contributed by atoms with E-state index in [1.165, 1.54) is 64.4 Å². The Morgan fingerprint density at radius 1 is 0.564 bits per heavy atom. The molecule has 0 heterocycles. The lowest BCUT2D eigenvalue weighted by molar-refractivity contribution is -0.193. The first kappa shape index (κ1) is 65.3. The van der Waals surface area contributed by atoms with Crippen LogP contribution < -0.4 is 16.4 Å². The molecule has 5 saturated carbocycles. The van der Waals surface area contributed by atoms with Crippen molar-refractivity contribution in [1.82, 2.24) is 15.5 Å². The zero-order chi connectivity index (χ0) is 58.2. The Morgan fingerprint density at radius 3 is 1.31 bits per heavy atom. The number of ether oxygens (including phenoxy) is 2. The lowest BCUT2D eigenvalue weighted by atomic mass is 9.92. The molecule has 15 heteroatoms. The summed E-state index contributed by atoms with van der Waals surface area (Å²) >= 11 is 10.4. The van der Waals surface area contributed by atoms with E-state index in [4.69, 9.17) is 34.4 Å². The highest BCUT2D eigenvalue weighted by molar-refractivity contribution is 9.11. The van der Waals surface area contributed by atoms with Gasteiger partial charge in [-0.1, -0.05) is 151 Å². The van der Waals surface area contributed by atoms with Crippen LogP contribution in [0.4, 0.5) is 9.59 Å². The third-order valence-corrected chi connectivity index (χ3v) is 15.9. The molecule has 0 bridgehead atoms. The molecule has 420 valence electrons. The maximum Gasteiger partial charge on any atom is 0.410 e. The number of benzene rings is 5. The van der Waals surface area contributed by atoms with Gasteiger partial charge in [0.1, 0.15) is 11.2 Å². The molecule has 78 heavy (non-hydrogen) atoms. The van der Waals surface area contributed by atoms with Crippen molar-refractivity contribution >= 4 is 72.3 Å². The first-order valence-corrected chi connectivity index (χ1v) is 28.9. The molecule has 5 aromatic rings. The van der Waals surface area contributed by atoms with Crippen LogP contribution in [0.1, 0.15) is 158 Å². The van der Waals surface area contributed by atoms with E-state index in [2.05, 4.69) is 158 Å². The summed E-state index contributed by atoms with van der Waals surface area (Å²) in [7, 11) is 3.87. The summed E-state index contributed by atoms with van der Waals surface area (Å²) < 4.78 is 14.1. The van der Waals surface area contributed by atoms with E-state index in [-0.39, 0.29) is 41.1 Å². The minimum atomic E-state index is -0.461. The highest BCUT2D eigenvalue weighted by Crippen LogP contribution is 2.52. The molecule has 5 aliphatic rings. The van der Waals surface area contributed by atoms with Gasteiger partial charge in [0.05, 0.1) is 11.1 Å². The molecule has 4 N–H and O–H groups in total. The number of nitrogens with one attached hydrogen (secondary N) is 2. The van der Waals surface area contributed by atoms with Crippen LogP contribution in [-0.4, -0.2) is 54.7 Å². The summed E-state index contributed by atoms with van der Waals surface area (Å²) in [6.07, 6.45) is 12.7. The standard InChI is InChI=1S/C16H23NO2.C14H18BrNO2.C12H16.C10H12BrN.C9H10BrN.2CO2/c1-12-7-6-8-13(11-12)16(9-10-16)17(5)14(18)19-15(2,3)4;1-13(2,3)18-12(17)16-14(7-8-14)10-5-4-6-11(15)9-10;1-3-12(7-8-12)11-6-4-5-10(2)9-11;1-12-10(5-6-10)8-3-2-4-9(11)7-8;10-8-3-1-2-7(6-8)9(11)4-5-9;2*2-1-3/h6-8,11H,9-10H2,1-5H3;4-6,9H,7-8H2,1-3H3,(H,16,17);4-6,9H,3,7-8H2,1-2H3;2-4,7,12H,5-6H2,1H3;1-3,6H,4-5,11H2;;. The van der Waals surface area contributed by atoms with Gasteiger partial charge >= 0.3 is 24.5 Å². The zero-order valence-electron chi connectivity index (χ0n) is 47.2. The van der Waals surface area contributed by atoms with Gasteiger partial charge in [-0.05, 0) is 203 Å². The third-order valence-electron chi connectivity index (χ3n) is 14.4. The van der Waals surface area contributed by atoms with Crippen LogP contribution in [0.2, 0.25) is 0 Å². The summed E-state index contributed by atoms with van der Waals surface area (Å²) in [5, 5.41) is 6.36. The molecular formula is C63H79Br3N4O8. The van der Waals surface area contributed by atoms with Crippen LogP contribution in [0, 0.1) is 13.8 Å². The predicted molar refractivity (Wildman–Crippen MR) is 316 cm³/mol. The van der Waals surface area contributed by atoms with Gasteiger partial charge in [0.15, 0.2) is 0 Å². The smallest absolute Gasteiger partial charge is 0.410 e. The maximum absolute atomic E-state index is 12.2. The number of nitrogens with two attached hydrogens (primary N) is 1. The number of carbonyl (C=O) groups excluding carboxylic acids is 6. The first-order chi connectivity index (χ1) is 36.6. The van der Waals surface area contributed by atoms with Crippen molar-refractivity contribution in [3.8, 4) is 0 Å². The Labute approximate surface area is 488 Å². The fourth-order valence-corrected chi connectivity index (χ4v) is 10.3. The molecule has 12 nitrogen and oxygen atoms in total. The van der Waals surface area contributed by atoms with Crippen LogP contribution in [0.5, 0.6) is 0 Å². The van der Waals surface area contributed by atoms with Gasteiger partial charge in [-0.15, -0.1) is 0 Å². The number of hydrogen-bond donors (Lipinski definition) is 3. The molecule has 0 spiro atoms. The lowest BCUT2D eigenvalue weighted by Gasteiger charge is -2.31. The Morgan fingerprint density at radius 2 is 0.949 bits per heavy atom. The van der Waals surface area contributed by atoms with E-state index in [0.717, 1.165) is 53.0 Å². The topological polar surface area (TPSA) is 174 Å². The minimum absolute atomic E-state index is 0.00375. The normalized spacial score (nSPS) is 17.0. The fraction of sp³-hybridized carbons (Fsp3) is 0.460. The van der Waals surface area contributed by atoms with E-state index < -0.39 is 11.2 Å². The largest absolute Gasteiger partial charge is 0.444 e. The Bertz CT molecular complexity index is 2770. The van der Waals surface area contributed by atoms with Crippen molar-refractivity contribution in [2.45, 2.75) is 172 Å². The summed E-state index contributed by atoms with van der Waals surface area (Å²) in [6, 6.07) is 42.2. The number of alkyl carbamates (subject to hydrolysis) is 1. The van der Waals surface area contributed by atoms with Crippen LogP contribution in [-0.2, 0) is 56.2 Å². The maximum atomic E-state index is 12.2. The zero-order valence-corrected chi connectivity index (χ0v) is 52.0. The molecule has 5 fully saturated rings. The van der Waals surface area contributed by atoms with Gasteiger partial charge in [-0.25, -0.2) is 9.59 Å². The molecule has 10 rings (SSSR count). The molecular weight excluding hydrogens is 1180 g/mol. The van der Waals surface area contributed by atoms with Crippen molar-refractivity contribution in [1.29, 1.82) is 0 Å². The lowest BCUT2D eigenvalue weighted by Crippen LogP contribution is -2.40. The number of nitrogens with zero attached hydrogens (tertiary/aromatic N) is 1. The van der Waals surface area contributed by atoms with Crippen LogP contribution in [0.15, 0.2) is 135 Å². The van der Waals surface area contributed by atoms with Gasteiger partial charge < -0.3 is 30.7 Å². The number of carbonyl (C=O) groups is 2. The number of rotatable bonds is 9. The molecule has 0 aromatic heterocycles. The van der Waals surface area contributed by atoms with E-state index in [1.54, 1.807) is 10.5 Å². The van der Waals surface area contributed by atoms with Gasteiger partial charge in [0, 0.05) is 31.5 Å². The fourth-order valence-electron chi connectivity index (χ4n) is 9.06. The molecule has 5 aromatic carbocycles. The van der Waals surface area contributed by atoms with Gasteiger partial charge in [-0.2, -0.15) is 19.2 Å². The molecule has 0 aliphatic heterocycles. The Kier molecular flexibility index (Phi) is 23.6. The summed E-state index contributed by atoms with van der Waals surface area (Å²) in [5.41, 5.74) is 14.8. The number of halogens is 3. The molecule has 0 saturated heterocycles. The SMILES string of the molecule is CC(C)(C)OC(=O)NC1(c2cccc(Br)c2)CC1.CCC1(c2cccc(C)c2)CC1.CNC1(c2cccc(Br)c2)CC1.Cc1cccc(C2(N(C)C(=O)OC(C)(C)C)CC2)c1.NC1(c2cccc(Br)c2)CC1.O=C=O.O=C=O. The molecule has 0 radical (unpaired) electrons. The van der Waals surface area contributed by atoms with Crippen LogP contribution in [0.3, 0.4) is 0 Å². The molecule has 2 amide bonds. The highest BCUT2D eigenvalue weighted by Gasteiger charge is 2.51. The van der Waals surface area contributed by atoms with Gasteiger partial charge in [0.2, 0.25) is 0 Å². The number of amides is 2.